The standard InChI is InChI=1S/C23H22N2OS/c1-16-7-6-8-18(13-16)15-25-20-11-12-27-22(20)14-21(25)23(26)24-17(2)19-9-4-3-5-10-19/h3-14,17H,15H2,1-2H3,(H,24,26). The number of amides is 1. The molecule has 0 aliphatic heterocycles. The van der Waals surface area contributed by atoms with E-state index in [9.17, 15) is 4.79 Å². The Balaban J connectivity index is 1.65. The van der Waals surface area contributed by atoms with Crippen molar-refractivity contribution in [2.75, 3.05) is 0 Å². The lowest BCUT2D eigenvalue weighted by Gasteiger charge is -2.16. The van der Waals surface area contributed by atoms with E-state index in [1.165, 1.54) is 11.1 Å². The maximum Gasteiger partial charge on any atom is 0.268 e. The highest BCUT2D eigenvalue weighted by atomic mass is 32.1. The van der Waals surface area contributed by atoms with Crippen molar-refractivity contribution in [1.29, 1.82) is 0 Å². The van der Waals surface area contributed by atoms with E-state index in [-0.39, 0.29) is 11.9 Å². The van der Waals surface area contributed by atoms with Gasteiger partial charge in [-0.2, -0.15) is 0 Å². The highest BCUT2D eigenvalue weighted by molar-refractivity contribution is 7.17. The van der Waals surface area contributed by atoms with E-state index in [2.05, 4.69) is 52.5 Å². The summed E-state index contributed by atoms with van der Waals surface area (Å²) >= 11 is 1.67. The zero-order chi connectivity index (χ0) is 18.8. The molecule has 2 heterocycles. The van der Waals surface area contributed by atoms with Crippen LogP contribution < -0.4 is 5.32 Å². The summed E-state index contributed by atoms with van der Waals surface area (Å²) in [6.07, 6.45) is 0. The number of aryl methyl sites for hydroxylation is 1. The Morgan fingerprint density at radius 1 is 1.07 bits per heavy atom. The number of thiophene rings is 1. The fourth-order valence-electron chi connectivity index (χ4n) is 3.42. The molecule has 1 unspecified atom stereocenters. The van der Waals surface area contributed by atoms with Gasteiger partial charge in [0.2, 0.25) is 0 Å². The van der Waals surface area contributed by atoms with Crippen LogP contribution in [-0.2, 0) is 6.54 Å². The van der Waals surface area contributed by atoms with E-state index in [1.807, 2.05) is 43.3 Å². The van der Waals surface area contributed by atoms with Crippen molar-refractivity contribution in [1.82, 2.24) is 9.88 Å². The number of carbonyl (C=O) groups excluding carboxylic acids is 1. The lowest BCUT2D eigenvalue weighted by molar-refractivity contribution is 0.0931. The fraction of sp³-hybridized carbons (Fsp3) is 0.174. The minimum absolute atomic E-state index is 0.0394. The van der Waals surface area contributed by atoms with Gasteiger partial charge < -0.3 is 9.88 Å². The van der Waals surface area contributed by atoms with E-state index in [4.69, 9.17) is 0 Å². The van der Waals surface area contributed by atoms with Crippen LogP contribution in [0.3, 0.4) is 0 Å². The van der Waals surface area contributed by atoms with Crippen molar-refractivity contribution in [3.05, 3.63) is 94.5 Å². The molecule has 1 N–H and O–H groups in total. The second-order valence-corrected chi connectivity index (χ2v) is 7.83. The van der Waals surface area contributed by atoms with Crippen molar-refractivity contribution in [3.63, 3.8) is 0 Å². The Morgan fingerprint density at radius 2 is 1.89 bits per heavy atom. The number of benzene rings is 2. The molecule has 4 aromatic rings. The number of fused-ring (bicyclic) bond motifs is 1. The molecule has 27 heavy (non-hydrogen) atoms. The van der Waals surface area contributed by atoms with Crippen LogP contribution in [0.4, 0.5) is 0 Å². The quantitative estimate of drug-likeness (QED) is 0.488. The predicted molar refractivity (Wildman–Crippen MR) is 112 cm³/mol. The molecule has 2 aromatic carbocycles. The molecule has 1 atom stereocenters. The number of aromatic nitrogens is 1. The Bertz CT molecular complexity index is 1080. The molecular formula is C23H22N2OS. The minimum atomic E-state index is -0.0425. The summed E-state index contributed by atoms with van der Waals surface area (Å²) < 4.78 is 3.26. The van der Waals surface area contributed by atoms with Gasteiger partial charge in [-0.3, -0.25) is 4.79 Å². The first-order valence-electron chi connectivity index (χ1n) is 9.10. The van der Waals surface area contributed by atoms with Crippen LogP contribution in [0.1, 0.15) is 40.1 Å². The molecule has 0 bridgehead atoms. The normalized spacial score (nSPS) is 12.2. The molecule has 1 amide bonds. The summed E-state index contributed by atoms with van der Waals surface area (Å²) in [5, 5.41) is 5.22. The average Bonchev–Trinajstić information content (AvgIpc) is 3.25. The topological polar surface area (TPSA) is 34.0 Å². The van der Waals surface area contributed by atoms with Crippen LogP contribution >= 0.6 is 11.3 Å². The molecule has 0 aliphatic carbocycles. The number of nitrogens with one attached hydrogen (secondary N) is 1. The van der Waals surface area contributed by atoms with Gasteiger partial charge >= 0.3 is 0 Å². The van der Waals surface area contributed by atoms with Crippen LogP contribution in [0.25, 0.3) is 10.2 Å². The Kier molecular flexibility index (Phi) is 4.82. The van der Waals surface area contributed by atoms with Gasteiger partial charge in [0, 0.05) is 6.54 Å². The minimum Gasteiger partial charge on any atom is -0.344 e. The monoisotopic (exact) mass is 374 g/mol. The first-order chi connectivity index (χ1) is 13.1. The van der Waals surface area contributed by atoms with Gasteiger partial charge in [0.1, 0.15) is 5.69 Å². The second kappa shape index (κ2) is 7.41. The SMILES string of the molecule is Cc1cccc(Cn2c(C(=O)NC(C)c3ccccc3)cc3sccc32)c1. The number of hydrogen-bond donors (Lipinski definition) is 1. The molecule has 0 aliphatic rings. The van der Waals surface area contributed by atoms with E-state index in [1.54, 1.807) is 11.3 Å². The highest BCUT2D eigenvalue weighted by Gasteiger charge is 2.18. The van der Waals surface area contributed by atoms with E-state index in [0.29, 0.717) is 12.2 Å². The molecule has 3 nitrogen and oxygen atoms in total. The summed E-state index contributed by atoms with van der Waals surface area (Å²) in [4.78, 5) is 13.0. The van der Waals surface area contributed by atoms with Crippen LogP contribution in [0.2, 0.25) is 0 Å². The van der Waals surface area contributed by atoms with Crippen molar-refractivity contribution in [2.45, 2.75) is 26.4 Å². The smallest absolute Gasteiger partial charge is 0.268 e. The maximum absolute atomic E-state index is 13.0. The van der Waals surface area contributed by atoms with Crippen LogP contribution in [0.5, 0.6) is 0 Å². The van der Waals surface area contributed by atoms with Crippen LogP contribution in [0, 0.1) is 6.92 Å². The molecule has 0 fully saturated rings. The molecular weight excluding hydrogens is 352 g/mol. The third-order valence-corrected chi connectivity index (χ3v) is 5.68. The number of nitrogens with zero attached hydrogens (tertiary/aromatic N) is 1. The predicted octanol–water partition coefficient (Wildman–Crippen LogP) is 5.55. The van der Waals surface area contributed by atoms with Gasteiger partial charge in [-0.25, -0.2) is 0 Å². The van der Waals surface area contributed by atoms with Crippen molar-refractivity contribution < 1.29 is 4.79 Å². The number of hydrogen-bond acceptors (Lipinski definition) is 2. The van der Waals surface area contributed by atoms with Crippen LogP contribution in [0.15, 0.2) is 72.1 Å². The Labute approximate surface area is 163 Å². The van der Waals surface area contributed by atoms with Crippen molar-refractivity contribution in [3.8, 4) is 0 Å². The molecule has 0 saturated carbocycles. The maximum atomic E-state index is 13.0. The second-order valence-electron chi connectivity index (χ2n) is 6.88. The van der Waals surface area contributed by atoms with Gasteiger partial charge in [-0.15, -0.1) is 11.3 Å². The lowest BCUT2D eigenvalue weighted by atomic mass is 10.1. The van der Waals surface area contributed by atoms with Gasteiger partial charge in [0.25, 0.3) is 5.91 Å². The Hall–Kier alpha value is -2.85. The van der Waals surface area contributed by atoms with E-state index < -0.39 is 0 Å². The van der Waals surface area contributed by atoms with Crippen molar-refractivity contribution >= 4 is 27.5 Å². The van der Waals surface area contributed by atoms with Gasteiger partial charge in [0.05, 0.1) is 16.3 Å². The summed E-state index contributed by atoms with van der Waals surface area (Å²) in [6, 6.07) is 22.5. The molecule has 0 radical (unpaired) electrons. The Morgan fingerprint density at radius 3 is 2.67 bits per heavy atom. The van der Waals surface area contributed by atoms with Gasteiger partial charge in [-0.1, -0.05) is 60.2 Å². The molecule has 0 saturated heterocycles. The summed E-state index contributed by atoms with van der Waals surface area (Å²) in [7, 11) is 0. The number of carbonyl (C=O) groups is 1. The highest BCUT2D eigenvalue weighted by Crippen LogP contribution is 2.27. The van der Waals surface area contributed by atoms with Gasteiger partial charge in [-0.05, 0) is 42.5 Å². The summed E-state index contributed by atoms with van der Waals surface area (Å²) in [5.74, 6) is -0.0394. The van der Waals surface area contributed by atoms with Gasteiger partial charge in [0.15, 0.2) is 0 Å². The zero-order valence-electron chi connectivity index (χ0n) is 15.5. The average molecular weight is 375 g/mol. The zero-order valence-corrected chi connectivity index (χ0v) is 16.3. The molecule has 4 rings (SSSR count). The summed E-state index contributed by atoms with van der Waals surface area (Å²) in [6.45, 7) is 4.79. The number of rotatable bonds is 5. The molecule has 4 heteroatoms. The van der Waals surface area contributed by atoms with E-state index >= 15 is 0 Å². The molecule has 0 spiro atoms. The first-order valence-corrected chi connectivity index (χ1v) is 9.98. The van der Waals surface area contributed by atoms with Crippen molar-refractivity contribution in [2.24, 2.45) is 0 Å². The largest absolute Gasteiger partial charge is 0.344 e. The fourth-order valence-corrected chi connectivity index (χ4v) is 4.25. The molecule has 136 valence electrons. The third kappa shape index (κ3) is 3.67. The van der Waals surface area contributed by atoms with E-state index in [0.717, 1.165) is 15.8 Å². The van der Waals surface area contributed by atoms with Crippen LogP contribution in [-0.4, -0.2) is 10.5 Å². The third-order valence-electron chi connectivity index (χ3n) is 4.83. The molecule has 2 aromatic heterocycles. The lowest BCUT2D eigenvalue weighted by Crippen LogP contribution is -2.28. The summed E-state index contributed by atoms with van der Waals surface area (Å²) in [5.41, 5.74) is 5.35. The first kappa shape index (κ1) is 17.6.